The van der Waals surface area contributed by atoms with Gasteiger partial charge in [-0.2, -0.15) is 0 Å². The van der Waals surface area contributed by atoms with Crippen LogP contribution >= 0.6 is 0 Å². The smallest absolute Gasteiger partial charge is 0.126 e. The molecule has 0 fully saturated rings. The van der Waals surface area contributed by atoms with Gasteiger partial charge in [-0.15, -0.1) is 0 Å². The Labute approximate surface area is 165 Å². The van der Waals surface area contributed by atoms with Crippen molar-refractivity contribution in [3.8, 4) is 11.4 Å². The molecule has 1 N–H and O–H groups in total. The van der Waals surface area contributed by atoms with Crippen molar-refractivity contribution in [2.45, 2.75) is 26.9 Å². The lowest BCUT2D eigenvalue weighted by Crippen LogP contribution is -2.25. The molecule has 0 amide bonds. The van der Waals surface area contributed by atoms with Crippen molar-refractivity contribution in [2.75, 3.05) is 13.2 Å². The van der Waals surface area contributed by atoms with Crippen LogP contribution in [0.5, 0.6) is 5.75 Å². The number of fused-ring (bicyclic) bond motifs is 2. The van der Waals surface area contributed by atoms with Crippen molar-refractivity contribution in [3.05, 3.63) is 83.3 Å². The molecule has 2 aromatic carbocycles. The van der Waals surface area contributed by atoms with Crippen molar-refractivity contribution in [1.29, 1.82) is 0 Å². The highest BCUT2D eigenvalue weighted by Crippen LogP contribution is 2.32. The molecule has 3 heterocycles. The summed E-state index contributed by atoms with van der Waals surface area (Å²) in [6.07, 6.45) is 6.22. The Morgan fingerprint density at radius 1 is 1.07 bits per heavy atom. The second kappa shape index (κ2) is 6.88. The highest BCUT2D eigenvalue weighted by Gasteiger charge is 2.19. The fraction of sp³-hybridized carbons (Fsp3) is 0.250. The van der Waals surface area contributed by atoms with E-state index in [1.54, 1.807) is 0 Å². The zero-order chi connectivity index (χ0) is 19.1. The molecule has 0 saturated carbocycles. The molecule has 0 aliphatic carbocycles. The second-order valence-electron chi connectivity index (χ2n) is 7.78. The van der Waals surface area contributed by atoms with E-state index in [1.807, 2.05) is 6.20 Å². The topological polar surface area (TPSA) is 33.2 Å². The minimum atomic E-state index is 0.726. The van der Waals surface area contributed by atoms with Gasteiger partial charge in [-0.05, 0) is 61.4 Å². The van der Waals surface area contributed by atoms with Crippen molar-refractivity contribution < 1.29 is 4.74 Å². The number of aryl methyl sites for hydroxylation is 2. The Balaban J connectivity index is 1.53. The molecule has 0 spiro atoms. The lowest BCUT2D eigenvalue weighted by Gasteiger charge is -2.19. The predicted molar refractivity (Wildman–Crippen MR) is 113 cm³/mol. The molecule has 1 aliphatic rings. The molecule has 28 heavy (non-hydrogen) atoms. The lowest BCUT2D eigenvalue weighted by atomic mass is 10.1. The minimum absolute atomic E-state index is 0.726. The molecule has 2 aromatic heterocycles. The molecule has 5 rings (SSSR count). The van der Waals surface area contributed by atoms with E-state index in [9.17, 15) is 0 Å². The highest BCUT2D eigenvalue weighted by molar-refractivity contribution is 5.82. The van der Waals surface area contributed by atoms with Crippen molar-refractivity contribution in [3.63, 3.8) is 0 Å². The first-order valence-electron chi connectivity index (χ1n) is 9.86. The molecule has 0 saturated heterocycles. The summed E-state index contributed by atoms with van der Waals surface area (Å²) < 4.78 is 8.43. The summed E-state index contributed by atoms with van der Waals surface area (Å²) in [5, 5.41) is 1.28. The quantitative estimate of drug-likeness (QED) is 0.552. The van der Waals surface area contributed by atoms with Gasteiger partial charge in [0.1, 0.15) is 12.4 Å². The Hall–Kier alpha value is -2.98. The Morgan fingerprint density at radius 2 is 2.00 bits per heavy atom. The largest absolute Gasteiger partial charge is 0.492 e. The number of ether oxygens (including phenoxy) is 1. The van der Waals surface area contributed by atoms with Crippen LogP contribution in [0.4, 0.5) is 0 Å². The van der Waals surface area contributed by atoms with Crippen LogP contribution in [0, 0.1) is 13.8 Å². The molecule has 0 unspecified atom stereocenters. The zero-order valence-corrected chi connectivity index (χ0v) is 16.4. The standard InChI is InChI=1S/C24H25N3O/c1-17-3-4-23-20(11-17)6-8-27(23)22-12-18(2)24-21(13-22)16-26(9-10-28-24)15-19-5-7-25-14-19/h3-8,11-14,25H,9-10,15-16H2,1-2H3. The third-order valence-electron chi connectivity index (χ3n) is 5.58. The molecule has 0 atom stereocenters. The van der Waals surface area contributed by atoms with Gasteiger partial charge < -0.3 is 14.3 Å². The maximum atomic E-state index is 6.15. The van der Waals surface area contributed by atoms with Gasteiger partial charge in [-0.1, -0.05) is 11.6 Å². The van der Waals surface area contributed by atoms with Crippen LogP contribution in [0.15, 0.2) is 61.1 Å². The Kier molecular flexibility index (Phi) is 4.21. The Bertz CT molecular complexity index is 1120. The highest BCUT2D eigenvalue weighted by atomic mass is 16.5. The van der Waals surface area contributed by atoms with E-state index in [0.717, 1.165) is 32.0 Å². The molecule has 1 aliphatic heterocycles. The van der Waals surface area contributed by atoms with Crippen LogP contribution in [0.2, 0.25) is 0 Å². The first-order chi connectivity index (χ1) is 13.7. The summed E-state index contributed by atoms with van der Waals surface area (Å²) in [5.74, 6) is 1.05. The monoisotopic (exact) mass is 371 g/mol. The molecule has 0 radical (unpaired) electrons. The number of benzene rings is 2. The summed E-state index contributed by atoms with van der Waals surface area (Å²) in [4.78, 5) is 5.60. The van der Waals surface area contributed by atoms with Crippen molar-refractivity contribution in [1.82, 2.24) is 14.5 Å². The Morgan fingerprint density at radius 3 is 2.86 bits per heavy atom. The fourth-order valence-electron chi connectivity index (χ4n) is 4.22. The van der Waals surface area contributed by atoms with Crippen LogP contribution in [-0.2, 0) is 13.1 Å². The number of hydrogen-bond donors (Lipinski definition) is 1. The molecule has 4 heteroatoms. The van der Waals surface area contributed by atoms with E-state index in [4.69, 9.17) is 4.74 Å². The van der Waals surface area contributed by atoms with E-state index in [1.165, 1.54) is 38.8 Å². The van der Waals surface area contributed by atoms with Crippen LogP contribution in [0.3, 0.4) is 0 Å². The normalized spacial score (nSPS) is 14.6. The molecule has 0 bridgehead atoms. The summed E-state index contributed by atoms with van der Waals surface area (Å²) in [6.45, 7) is 7.78. The number of rotatable bonds is 3. The third kappa shape index (κ3) is 3.10. The van der Waals surface area contributed by atoms with Gasteiger partial charge in [0.25, 0.3) is 0 Å². The maximum absolute atomic E-state index is 6.15. The number of aromatic amines is 1. The van der Waals surface area contributed by atoms with E-state index < -0.39 is 0 Å². The average Bonchev–Trinajstić information content (AvgIpc) is 3.27. The number of nitrogens with one attached hydrogen (secondary N) is 1. The zero-order valence-electron chi connectivity index (χ0n) is 16.4. The second-order valence-corrected chi connectivity index (χ2v) is 7.78. The predicted octanol–water partition coefficient (Wildman–Crippen LogP) is 4.97. The summed E-state index contributed by atoms with van der Waals surface area (Å²) in [7, 11) is 0. The van der Waals surface area contributed by atoms with Gasteiger partial charge in [0, 0.05) is 54.9 Å². The number of nitrogens with zero attached hydrogens (tertiary/aromatic N) is 2. The molecule has 142 valence electrons. The summed E-state index contributed by atoms with van der Waals surface area (Å²) >= 11 is 0. The van der Waals surface area contributed by atoms with Gasteiger partial charge in [-0.3, -0.25) is 4.90 Å². The van der Waals surface area contributed by atoms with Crippen LogP contribution in [-0.4, -0.2) is 27.6 Å². The van der Waals surface area contributed by atoms with Gasteiger partial charge >= 0.3 is 0 Å². The number of H-pyrrole nitrogens is 1. The van der Waals surface area contributed by atoms with Gasteiger partial charge in [0.05, 0.1) is 5.52 Å². The van der Waals surface area contributed by atoms with E-state index in [0.29, 0.717) is 0 Å². The van der Waals surface area contributed by atoms with Crippen LogP contribution in [0.1, 0.15) is 22.3 Å². The summed E-state index contributed by atoms with van der Waals surface area (Å²) in [6, 6.07) is 15.5. The van der Waals surface area contributed by atoms with Crippen LogP contribution < -0.4 is 4.74 Å². The molecular weight excluding hydrogens is 346 g/mol. The van der Waals surface area contributed by atoms with Crippen LogP contribution in [0.25, 0.3) is 16.6 Å². The number of aromatic nitrogens is 2. The minimum Gasteiger partial charge on any atom is -0.492 e. The number of hydrogen-bond acceptors (Lipinski definition) is 2. The first kappa shape index (κ1) is 17.1. The summed E-state index contributed by atoms with van der Waals surface area (Å²) in [5.41, 5.74) is 7.49. The third-order valence-corrected chi connectivity index (χ3v) is 5.58. The van der Waals surface area contributed by atoms with E-state index in [-0.39, 0.29) is 0 Å². The molecule has 4 aromatic rings. The average molecular weight is 371 g/mol. The van der Waals surface area contributed by atoms with Gasteiger partial charge in [0.15, 0.2) is 0 Å². The van der Waals surface area contributed by atoms with Gasteiger partial charge in [0.2, 0.25) is 0 Å². The van der Waals surface area contributed by atoms with Crippen molar-refractivity contribution >= 4 is 10.9 Å². The first-order valence-corrected chi connectivity index (χ1v) is 9.86. The van der Waals surface area contributed by atoms with E-state index >= 15 is 0 Å². The van der Waals surface area contributed by atoms with Gasteiger partial charge in [-0.25, -0.2) is 0 Å². The van der Waals surface area contributed by atoms with E-state index in [2.05, 4.69) is 83.2 Å². The lowest BCUT2D eigenvalue weighted by molar-refractivity contribution is 0.219. The fourth-order valence-corrected chi connectivity index (χ4v) is 4.22. The molecular formula is C24H25N3O. The SMILES string of the molecule is Cc1ccc2c(ccn2-c2cc(C)c3c(c2)CN(Cc2cc[nH]c2)CCO3)c1. The molecule has 4 nitrogen and oxygen atoms in total. The van der Waals surface area contributed by atoms with Crippen molar-refractivity contribution in [2.24, 2.45) is 0 Å². The maximum Gasteiger partial charge on any atom is 0.126 e.